The van der Waals surface area contributed by atoms with E-state index in [1.807, 2.05) is 36.4 Å². The number of halogens is 1. The first-order valence-electron chi connectivity index (χ1n) is 22.8. The van der Waals surface area contributed by atoms with Crippen LogP contribution in [0.15, 0.2) is 235 Å². The number of hydrogen-bond donors (Lipinski definition) is 2. The zero-order valence-electron chi connectivity index (χ0n) is 36.6. The Morgan fingerprint density at radius 3 is 0.662 bits per heavy atom. The van der Waals surface area contributed by atoms with Crippen LogP contribution in [0, 0.1) is 0 Å². The maximum atomic E-state index is 10.3. The molecule has 14 rings (SSSR count). The standard InChI is InChI=1S/C30H21BN2O2.C30H19BrN2/c34-31(35)20-17-21(32-27-13-5-1-9-23(27)24-10-2-6-14-28(24)32)19-22(18-20)33-29-15-7-3-11-25(29)26-12-4-8-16-30(26)33;31-20-17-21(32-27-13-5-1-9-23(27)24-10-2-6-14-28(24)32)19-22(18-20)33-29-15-7-3-11-25(29)26-12-4-8-16-30(26)33/h1-19,34-35H;1-19H. The maximum Gasteiger partial charge on any atom is 0.488 e. The van der Waals surface area contributed by atoms with Crippen LogP contribution in [0.1, 0.15) is 0 Å². The second kappa shape index (κ2) is 16.0. The lowest BCUT2D eigenvalue weighted by atomic mass is 9.80. The molecule has 0 unspecified atom stereocenters. The molecule has 0 bridgehead atoms. The van der Waals surface area contributed by atoms with Crippen LogP contribution in [0.4, 0.5) is 0 Å². The lowest BCUT2D eigenvalue weighted by molar-refractivity contribution is 0.425. The fraction of sp³-hybridized carbons (Fsp3) is 0. The van der Waals surface area contributed by atoms with Gasteiger partial charge in [0.05, 0.1) is 44.1 Å². The lowest BCUT2D eigenvalue weighted by Crippen LogP contribution is -2.30. The Balaban J connectivity index is 0.000000135. The van der Waals surface area contributed by atoms with Crippen molar-refractivity contribution < 1.29 is 10.0 Å². The van der Waals surface area contributed by atoms with Gasteiger partial charge in [0.25, 0.3) is 0 Å². The molecule has 0 fully saturated rings. The highest BCUT2D eigenvalue weighted by molar-refractivity contribution is 9.10. The largest absolute Gasteiger partial charge is 0.488 e. The highest BCUT2D eigenvalue weighted by atomic mass is 79.9. The van der Waals surface area contributed by atoms with Gasteiger partial charge in [-0.1, -0.05) is 162 Å². The van der Waals surface area contributed by atoms with E-state index >= 15 is 0 Å². The second-order valence-corrected chi connectivity index (χ2v) is 18.2. The summed E-state index contributed by atoms with van der Waals surface area (Å²) in [5.74, 6) is 0. The van der Waals surface area contributed by atoms with Gasteiger partial charge in [-0.05, 0) is 90.4 Å². The average molecular weight is 940 g/mol. The summed E-state index contributed by atoms with van der Waals surface area (Å²) in [5, 5.41) is 30.2. The normalized spacial score (nSPS) is 11.8. The molecular weight excluding hydrogens is 899 g/mol. The van der Waals surface area contributed by atoms with Crippen LogP contribution in [0.25, 0.3) is 110 Å². The van der Waals surface area contributed by atoms with Crippen LogP contribution in [-0.4, -0.2) is 35.4 Å². The summed E-state index contributed by atoms with van der Waals surface area (Å²) in [6.45, 7) is 0. The fourth-order valence-electron chi connectivity index (χ4n) is 10.6. The van der Waals surface area contributed by atoms with Crippen LogP contribution in [0.3, 0.4) is 0 Å². The Labute approximate surface area is 399 Å². The SMILES string of the molecule is Brc1cc(-n2c3ccccc3c3ccccc32)cc(-n2c3ccccc3c3ccccc32)c1.OB(O)c1cc(-n2c3ccccc3c3ccccc32)cc(-n2c3ccccc3c3ccccc32)c1. The number of para-hydroxylation sites is 8. The van der Waals surface area contributed by atoms with E-state index in [2.05, 4.69) is 228 Å². The van der Waals surface area contributed by atoms with E-state index < -0.39 is 7.12 Å². The Bertz CT molecular complexity index is 3810. The van der Waals surface area contributed by atoms with Crippen molar-refractivity contribution in [3.05, 3.63) is 235 Å². The monoisotopic (exact) mass is 938 g/mol. The topological polar surface area (TPSA) is 60.2 Å². The Morgan fingerprint density at radius 2 is 0.456 bits per heavy atom. The average Bonchev–Trinajstić information content (AvgIpc) is 4.11. The van der Waals surface area contributed by atoms with E-state index in [1.54, 1.807) is 0 Å². The molecule has 0 atom stereocenters. The van der Waals surface area contributed by atoms with E-state index in [0.29, 0.717) is 5.46 Å². The summed E-state index contributed by atoms with van der Waals surface area (Å²) in [6, 6.07) is 80.4. The van der Waals surface area contributed by atoms with Crippen LogP contribution >= 0.6 is 15.9 Å². The van der Waals surface area contributed by atoms with Gasteiger partial charge in [0, 0.05) is 70.3 Å². The molecule has 0 saturated heterocycles. The highest BCUT2D eigenvalue weighted by Crippen LogP contribution is 2.38. The molecule has 4 aromatic heterocycles. The number of hydrogen-bond acceptors (Lipinski definition) is 2. The third kappa shape index (κ3) is 6.33. The number of fused-ring (bicyclic) bond motifs is 12. The van der Waals surface area contributed by atoms with Crippen molar-refractivity contribution in [2.75, 3.05) is 0 Å². The van der Waals surface area contributed by atoms with Gasteiger partial charge in [-0.2, -0.15) is 0 Å². The molecule has 0 radical (unpaired) electrons. The quantitative estimate of drug-likeness (QED) is 0.169. The molecule has 8 heteroatoms. The maximum absolute atomic E-state index is 10.3. The van der Waals surface area contributed by atoms with E-state index in [0.717, 1.165) is 70.8 Å². The van der Waals surface area contributed by atoms with Crippen molar-refractivity contribution in [1.82, 2.24) is 18.3 Å². The number of benzene rings is 10. The molecule has 14 aromatic rings. The van der Waals surface area contributed by atoms with Crippen LogP contribution in [-0.2, 0) is 0 Å². The predicted molar refractivity (Wildman–Crippen MR) is 288 cm³/mol. The second-order valence-electron chi connectivity index (χ2n) is 17.3. The van der Waals surface area contributed by atoms with Crippen LogP contribution in [0.5, 0.6) is 0 Å². The fourth-order valence-corrected chi connectivity index (χ4v) is 11.1. The Hall–Kier alpha value is -8.14. The molecule has 10 aromatic carbocycles. The zero-order valence-corrected chi connectivity index (χ0v) is 38.2. The van der Waals surface area contributed by atoms with E-state index in [-0.39, 0.29) is 0 Å². The first-order valence-corrected chi connectivity index (χ1v) is 23.6. The summed E-state index contributed by atoms with van der Waals surface area (Å²) in [5.41, 5.74) is 13.6. The number of rotatable bonds is 5. The van der Waals surface area contributed by atoms with Gasteiger partial charge in [-0.15, -0.1) is 0 Å². The van der Waals surface area contributed by atoms with Crippen LogP contribution in [0.2, 0.25) is 0 Å². The first kappa shape index (κ1) is 40.2. The predicted octanol–water partition coefficient (Wildman–Crippen LogP) is 14.2. The first-order chi connectivity index (χ1) is 33.5. The Morgan fingerprint density at radius 1 is 0.265 bits per heavy atom. The molecule has 68 heavy (non-hydrogen) atoms. The lowest BCUT2D eigenvalue weighted by Gasteiger charge is -2.15. The van der Waals surface area contributed by atoms with Gasteiger partial charge in [0.1, 0.15) is 0 Å². The number of aromatic nitrogens is 4. The van der Waals surface area contributed by atoms with Crippen molar-refractivity contribution >= 4 is 116 Å². The van der Waals surface area contributed by atoms with Crippen molar-refractivity contribution in [1.29, 1.82) is 0 Å². The van der Waals surface area contributed by atoms with Gasteiger partial charge < -0.3 is 28.3 Å². The van der Waals surface area contributed by atoms with Crippen LogP contribution < -0.4 is 5.46 Å². The summed E-state index contributed by atoms with van der Waals surface area (Å²) in [6.07, 6.45) is 0. The zero-order chi connectivity index (χ0) is 45.5. The summed E-state index contributed by atoms with van der Waals surface area (Å²) >= 11 is 3.81. The van der Waals surface area contributed by atoms with Gasteiger partial charge in [0.15, 0.2) is 0 Å². The van der Waals surface area contributed by atoms with Crippen molar-refractivity contribution in [2.24, 2.45) is 0 Å². The van der Waals surface area contributed by atoms with Crippen molar-refractivity contribution in [2.45, 2.75) is 0 Å². The van der Waals surface area contributed by atoms with E-state index in [1.165, 1.54) is 43.6 Å². The molecule has 0 aliphatic rings. The third-order valence-electron chi connectivity index (χ3n) is 13.4. The van der Waals surface area contributed by atoms with E-state index in [4.69, 9.17) is 0 Å². The van der Waals surface area contributed by atoms with E-state index in [9.17, 15) is 10.0 Å². The molecule has 6 nitrogen and oxygen atoms in total. The summed E-state index contributed by atoms with van der Waals surface area (Å²) in [7, 11) is -1.59. The number of nitrogens with zero attached hydrogens (tertiary/aromatic N) is 4. The van der Waals surface area contributed by atoms with Gasteiger partial charge >= 0.3 is 7.12 Å². The molecule has 0 aliphatic carbocycles. The highest BCUT2D eigenvalue weighted by Gasteiger charge is 2.21. The molecule has 0 amide bonds. The minimum absolute atomic E-state index is 0.446. The molecule has 2 N–H and O–H groups in total. The van der Waals surface area contributed by atoms with Gasteiger partial charge in [-0.25, -0.2) is 0 Å². The summed E-state index contributed by atoms with van der Waals surface area (Å²) < 4.78 is 10.2. The third-order valence-corrected chi connectivity index (χ3v) is 13.9. The minimum Gasteiger partial charge on any atom is -0.423 e. The minimum atomic E-state index is -1.59. The smallest absolute Gasteiger partial charge is 0.423 e. The molecular formula is C60H40BBrN4O2. The molecule has 0 aliphatic heterocycles. The summed E-state index contributed by atoms with van der Waals surface area (Å²) in [4.78, 5) is 0. The van der Waals surface area contributed by atoms with Crippen molar-refractivity contribution in [3.8, 4) is 22.7 Å². The molecule has 0 saturated carbocycles. The van der Waals surface area contributed by atoms with Gasteiger partial charge in [-0.3, -0.25) is 0 Å². The molecule has 4 heterocycles. The molecule has 322 valence electrons. The molecule has 0 spiro atoms. The Kier molecular flexibility index (Phi) is 9.47. The van der Waals surface area contributed by atoms with Gasteiger partial charge in [0.2, 0.25) is 0 Å². The van der Waals surface area contributed by atoms with Crippen molar-refractivity contribution in [3.63, 3.8) is 0 Å².